The second kappa shape index (κ2) is 7.65. The molecule has 0 aliphatic heterocycles. The summed E-state index contributed by atoms with van der Waals surface area (Å²) >= 11 is 0. The molecule has 0 atom stereocenters. The van der Waals surface area contributed by atoms with E-state index in [0.29, 0.717) is 0 Å². The first kappa shape index (κ1) is 14.6. The molecule has 0 N–H and O–H groups in total. The minimum Gasteiger partial charge on any atom is -0.348 e. The summed E-state index contributed by atoms with van der Waals surface area (Å²) in [6.07, 6.45) is 7.17. The van der Waals surface area contributed by atoms with Crippen molar-refractivity contribution in [1.29, 1.82) is 0 Å². The Labute approximate surface area is 133 Å². The topological polar surface area (TPSA) is 4.93 Å². The SMILES string of the molecule is c1ccc(CCCCCn2cccc2-c2ccccc2)cc1. The highest BCUT2D eigenvalue weighted by Crippen LogP contribution is 2.20. The van der Waals surface area contributed by atoms with Crippen LogP contribution in [-0.2, 0) is 13.0 Å². The molecule has 112 valence electrons. The molecule has 0 aliphatic rings. The molecule has 0 aliphatic carbocycles. The number of nitrogens with zero attached hydrogens (tertiary/aromatic N) is 1. The van der Waals surface area contributed by atoms with Crippen LogP contribution in [0, 0.1) is 0 Å². The van der Waals surface area contributed by atoms with Crippen molar-refractivity contribution < 1.29 is 0 Å². The van der Waals surface area contributed by atoms with E-state index in [9.17, 15) is 0 Å². The fraction of sp³-hybridized carbons (Fsp3) is 0.238. The lowest BCUT2D eigenvalue weighted by Gasteiger charge is -2.09. The predicted molar refractivity (Wildman–Crippen MR) is 93.9 cm³/mol. The van der Waals surface area contributed by atoms with Gasteiger partial charge in [-0.2, -0.15) is 0 Å². The van der Waals surface area contributed by atoms with Crippen LogP contribution in [0.4, 0.5) is 0 Å². The average molecular weight is 289 g/mol. The van der Waals surface area contributed by atoms with E-state index in [0.717, 1.165) is 6.54 Å². The predicted octanol–water partition coefficient (Wildman–Crippen LogP) is 5.57. The minimum absolute atomic E-state index is 1.10. The number of aromatic nitrogens is 1. The zero-order valence-corrected chi connectivity index (χ0v) is 13.0. The Morgan fingerprint density at radius 1 is 0.636 bits per heavy atom. The Balaban J connectivity index is 1.48. The van der Waals surface area contributed by atoms with E-state index in [-0.39, 0.29) is 0 Å². The highest BCUT2D eigenvalue weighted by Gasteiger charge is 2.03. The van der Waals surface area contributed by atoms with Gasteiger partial charge in [0.1, 0.15) is 0 Å². The molecule has 3 rings (SSSR count). The van der Waals surface area contributed by atoms with Gasteiger partial charge in [-0.05, 0) is 42.5 Å². The fourth-order valence-corrected chi connectivity index (χ4v) is 2.91. The van der Waals surface area contributed by atoms with Crippen molar-refractivity contribution in [1.82, 2.24) is 4.57 Å². The highest BCUT2D eigenvalue weighted by molar-refractivity contribution is 5.59. The van der Waals surface area contributed by atoms with Gasteiger partial charge in [0.05, 0.1) is 0 Å². The Morgan fingerprint density at radius 3 is 2.14 bits per heavy atom. The maximum absolute atomic E-state index is 2.37. The molecule has 0 fully saturated rings. The molecule has 1 heteroatoms. The second-order valence-corrected chi connectivity index (χ2v) is 5.75. The van der Waals surface area contributed by atoms with E-state index in [4.69, 9.17) is 0 Å². The van der Waals surface area contributed by atoms with Crippen molar-refractivity contribution in [2.75, 3.05) is 0 Å². The molecule has 1 nitrogen and oxygen atoms in total. The summed E-state index contributed by atoms with van der Waals surface area (Å²) < 4.78 is 2.37. The molecule has 0 amide bonds. The number of hydrogen-bond acceptors (Lipinski definition) is 0. The summed E-state index contributed by atoms with van der Waals surface area (Å²) in [7, 11) is 0. The first-order valence-electron chi connectivity index (χ1n) is 8.18. The molecule has 0 spiro atoms. The third-order valence-corrected chi connectivity index (χ3v) is 4.11. The van der Waals surface area contributed by atoms with Crippen molar-refractivity contribution in [3.05, 3.63) is 84.6 Å². The fourth-order valence-electron chi connectivity index (χ4n) is 2.91. The van der Waals surface area contributed by atoms with Gasteiger partial charge in [-0.25, -0.2) is 0 Å². The van der Waals surface area contributed by atoms with Gasteiger partial charge in [0.15, 0.2) is 0 Å². The van der Waals surface area contributed by atoms with E-state index in [1.165, 1.54) is 42.5 Å². The van der Waals surface area contributed by atoms with Crippen LogP contribution in [0.15, 0.2) is 79.0 Å². The lowest BCUT2D eigenvalue weighted by molar-refractivity contribution is 0.592. The smallest absolute Gasteiger partial charge is 0.0480 e. The molecule has 0 unspecified atom stereocenters. The van der Waals surface area contributed by atoms with Crippen LogP contribution in [-0.4, -0.2) is 4.57 Å². The van der Waals surface area contributed by atoms with Crippen LogP contribution in [0.2, 0.25) is 0 Å². The second-order valence-electron chi connectivity index (χ2n) is 5.75. The van der Waals surface area contributed by atoms with Crippen molar-refractivity contribution in [2.45, 2.75) is 32.2 Å². The number of rotatable bonds is 7. The van der Waals surface area contributed by atoms with Crippen molar-refractivity contribution in [2.24, 2.45) is 0 Å². The molecule has 2 aromatic carbocycles. The van der Waals surface area contributed by atoms with Gasteiger partial charge >= 0.3 is 0 Å². The number of benzene rings is 2. The molecule has 1 aromatic heterocycles. The Bertz CT molecular complexity index is 667. The molecular formula is C21H23N. The Kier molecular flexibility index (Phi) is 5.09. The molecule has 0 saturated heterocycles. The maximum atomic E-state index is 2.37. The molecule has 1 heterocycles. The largest absolute Gasteiger partial charge is 0.348 e. The number of hydrogen-bond donors (Lipinski definition) is 0. The van der Waals surface area contributed by atoms with Crippen molar-refractivity contribution in [3.63, 3.8) is 0 Å². The van der Waals surface area contributed by atoms with Gasteiger partial charge in [-0.3, -0.25) is 0 Å². The molecular weight excluding hydrogens is 266 g/mol. The monoisotopic (exact) mass is 289 g/mol. The summed E-state index contributed by atoms with van der Waals surface area (Å²) in [6, 6.07) is 25.8. The van der Waals surface area contributed by atoms with E-state index in [2.05, 4.69) is 83.6 Å². The normalized spacial score (nSPS) is 10.7. The van der Waals surface area contributed by atoms with Crippen LogP contribution in [0.5, 0.6) is 0 Å². The van der Waals surface area contributed by atoms with E-state index in [1.54, 1.807) is 0 Å². The lowest BCUT2D eigenvalue weighted by Crippen LogP contribution is -1.99. The molecule has 0 saturated carbocycles. The standard InChI is InChI=1S/C21H23N/c1-4-11-19(12-5-1)13-6-3-9-17-22-18-10-16-21(22)20-14-7-2-8-15-20/h1-2,4-5,7-8,10-12,14-16,18H,3,6,9,13,17H2. The van der Waals surface area contributed by atoms with Crippen LogP contribution >= 0.6 is 0 Å². The summed E-state index contributed by atoms with van der Waals surface area (Å²) in [5.74, 6) is 0. The van der Waals surface area contributed by atoms with E-state index >= 15 is 0 Å². The summed E-state index contributed by atoms with van der Waals surface area (Å²) in [5.41, 5.74) is 4.08. The molecule has 0 radical (unpaired) electrons. The zero-order valence-electron chi connectivity index (χ0n) is 13.0. The van der Waals surface area contributed by atoms with Crippen LogP contribution < -0.4 is 0 Å². The van der Waals surface area contributed by atoms with Crippen LogP contribution in [0.25, 0.3) is 11.3 Å². The van der Waals surface area contributed by atoms with Gasteiger partial charge < -0.3 is 4.57 Å². The third kappa shape index (κ3) is 3.88. The van der Waals surface area contributed by atoms with Gasteiger partial charge in [0.2, 0.25) is 0 Å². The molecule has 3 aromatic rings. The molecule has 22 heavy (non-hydrogen) atoms. The van der Waals surface area contributed by atoms with Crippen LogP contribution in [0.3, 0.4) is 0 Å². The third-order valence-electron chi connectivity index (χ3n) is 4.11. The van der Waals surface area contributed by atoms with Gasteiger partial charge in [-0.15, -0.1) is 0 Å². The summed E-state index contributed by atoms with van der Waals surface area (Å²) in [4.78, 5) is 0. The maximum Gasteiger partial charge on any atom is 0.0480 e. The summed E-state index contributed by atoms with van der Waals surface area (Å²) in [6.45, 7) is 1.10. The molecule has 0 bridgehead atoms. The average Bonchev–Trinajstić information content (AvgIpc) is 3.05. The van der Waals surface area contributed by atoms with E-state index < -0.39 is 0 Å². The first-order chi connectivity index (χ1) is 10.9. The Hall–Kier alpha value is -2.28. The van der Waals surface area contributed by atoms with Gasteiger partial charge in [-0.1, -0.05) is 67.1 Å². The van der Waals surface area contributed by atoms with Gasteiger partial charge in [0, 0.05) is 18.4 Å². The highest BCUT2D eigenvalue weighted by atomic mass is 15.0. The zero-order chi connectivity index (χ0) is 15.0. The number of aryl methyl sites for hydroxylation is 2. The van der Waals surface area contributed by atoms with Crippen molar-refractivity contribution in [3.8, 4) is 11.3 Å². The number of unbranched alkanes of at least 4 members (excludes halogenated alkanes) is 2. The minimum atomic E-state index is 1.10. The van der Waals surface area contributed by atoms with Gasteiger partial charge in [0.25, 0.3) is 0 Å². The van der Waals surface area contributed by atoms with Crippen LogP contribution in [0.1, 0.15) is 24.8 Å². The van der Waals surface area contributed by atoms with Crippen molar-refractivity contribution >= 4 is 0 Å². The van der Waals surface area contributed by atoms with E-state index in [1.807, 2.05) is 0 Å². The Morgan fingerprint density at radius 2 is 1.36 bits per heavy atom. The quantitative estimate of drug-likeness (QED) is 0.501. The lowest BCUT2D eigenvalue weighted by atomic mass is 10.1. The first-order valence-corrected chi connectivity index (χ1v) is 8.18. The summed E-state index contributed by atoms with van der Waals surface area (Å²) in [5, 5.41) is 0.